The standard InChI is InChI=1S/C14H20N2O2/c1-3-4-9-15-13(17)10-14(18)16-12-7-5-11(2)6-8-12/h5-8H,3-4,9-10H2,1-2H3,(H,15,17)(H,16,18). The molecule has 0 aliphatic rings. The highest BCUT2D eigenvalue weighted by atomic mass is 16.2. The molecule has 0 atom stereocenters. The van der Waals surface area contributed by atoms with Crippen LogP contribution in [-0.4, -0.2) is 18.4 Å². The first-order valence-electron chi connectivity index (χ1n) is 6.25. The molecule has 1 aromatic carbocycles. The third-order valence-corrected chi connectivity index (χ3v) is 2.51. The fourth-order valence-electron chi connectivity index (χ4n) is 1.45. The predicted molar refractivity (Wildman–Crippen MR) is 72.3 cm³/mol. The van der Waals surface area contributed by atoms with Crippen molar-refractivity contribution >= 4 is 17.5 Å². The number of hydrogen-bond acceptors (Lipinski definition) is 2. The molecule has 1 rings (SSSR count). The third-order valence-electron chi connectivity index (χ3n) is 2.51. The van der Waals surface area contributed by atoms with E-state index < -0.39 is 0 Å². The summed E-state index contributed by atoms with van der Waals surface area (Å²) < 4.78 is 0. The zero-order chi connectivity index (χ0) is 13.4. The SMILES string of the molecule is CCCCNC(=O)CC(=O)Nc1ccc(C)cc1. The molecule has 0 aromatic heterocycles. The van der Waals surface area contributed by atoms with Crippen molar-refractivity contribution < 1.29 is 9.59 Å². The highest BCUT2D eigenvalue weighted by molar-refractivity contribution is 6.03. The predicted octanol–water partition coefficient (Wildman–Crippen LogP) is 2.24. The lowest BCUT2D eigenvalue weighted by molar-refractivity contribution is -0.126. The van der Waals surface area contributed by atoms with E-state index in [4.69, 9.17) is 0 Å². The number of rotatable bonds is 6. The van der Waals surface area contributed by atoms with Crippen molar-refractivity contribution in [3.63, 3.8) is 0 Å². The summed E-state index contributed by atoms with van der Waals surface area (Å²) in [7, 11) is 0. The number of amides is 2. The second-order valence-electron chi connectivity index (χ2n) is 4.29. The zero-order valence-electron chi connectivity index (χ0n) is 11.0. The number of carbonyl (C=O) groups is 2. The van der Waals surface area contributed by atoms with Gasteiger partial charge in [-0.15, -0.1) is 0 Å². The average molecular weight is 248 g/mol. The van der Waals surface area contributed by atoms with Gasteiger partial charge in [0.25, 0.3) is 0 Å². The van der Waals surface area contributed by atoms with Crippen LogP contribution in [0.5, 0.6) is 0 Å². The van der Waals surface area contributed by atoms with Crippen molar-refractivity contribution in [1.82, 2.24) is 5.32 Å². The van der Waals surface area contributed by atoms with E-state index in [9.17, 15) is 9.59 Å². The summed E-state index contributed by atoms with van der Waals surface area (Å²) in [6.07, 6.45) is 1.83. The topological polar surface area (TPSA) is 58.2 Å². The zero-order valence-corrected chi connectivity index (χ0v) is 11.0. The van der Waals surface area contributed by atoms with Crippen LogP contribution in [-0.2, 0) is 9.59 Å². The first kappa shape index (κ1) is 14.2. The molecule has 18 heavy (non-hydrogen) atoms. The van der Waals surface area contributed by atoms with Crippen molar-refractivity contribution in [3.8, 4) is 0 Å². The van der Waals surface area contributed by atoms with Crippen molar-refractivity contribution in [1.29, 1.82) is 0 Å². The van der Waals surface area contributed by atoms with Gasteiger partial charge in [0.15, 0.2) is 0 Å². The highest BCUT2D eigenvalue weighted by Gasteiger charge is 2.08. The van der Waals surface area contributed by atoms with E-state index in [0.717, 1.165) is 18.4 Å². The molecule has 0 aliphatic heterocycles. The molecule has 0 saturated heterocycles. The molecule has 1 aromatic rings. The monoisotopic (exact) mass is 248 g/mol. The van der Waals surface area contributed by atoms with Gasteiger partial charge in [-0.3, -0.25) is 9.59 Å². The number of nitrogens with one attached hydrogen (secondary N) is 2. The van der Waals surface area contributed by atoms with Crippen molar-refractivity contribution in [2.45, 2.75) is 33.1 Å². The Bertz CT molecular complexity index is 399. The number of hydrogen-bond donors (Lipinski definition) is 2. The lowest BCUT2D eigenvalue weighted by atomic mass is 10.2. The van der Waals surface area contributed by atoms with Crippen LogP contribution in [0.3, 0.4) is 0 Å². The van der Waals surface area contributed by atoms with Crippen LogP contribution in [0.2, 0.25) is 0 Å². The molecule has 4 nitrogen and oxygen atoms in total. The van der Waals surface area contributed by atoms with Crippen LogP contribution in [0.1, 0.15) is 31.7 Å². The van der Waals surface area contributed by atoms with Crippen LogP contribution >= 0.6 is 0 Å². The van der Waals surface area contributed by atoms with Gasteiger partial charge in [-0.05, 0) is 25.5 Å². The molecule has 0 aliphatic carbocycles. The van der Waals surface area contributed by atoms with Crippen molar-refractivity contribution in [3.05, 3.63) is 29.8 Å². The van der Waals surface area contributed by atoms with Gasteiger partial charge in [-0.25, -0.2) is 0 Å². The van der Waals surface area contributed by atoms with Gasteiger partial charge in [0.2, 0.25) is 11.8 Å². The summed E-state index contributed by atoms with van der Waals surface area (Å²) in [6, 6.07) is 7.47. The number of carbonyl (C=O) groups excluding carboxylic acids is 2. The Morgan fingerprint density at radius 2 is 1.78 bits per heavy atom. The second kappa shape index (κ2) is 7.48. The van der Waals surface area contributed by atoms with Crippen molar-refractivity contribution in [2.24, 2.45) is 0 Å². The van der Waals surface area contributed by atoms with E-state index >= 15 is 0 Å². The summed E-state index contributed by atoms with van der Waals surface area (Å²) >= 11 is 0. The molecule has 4 heteroatoms. The molecule has 0 spiro atoms. The Balaban J connectivity index is 2.32. The molecule has 98 valence electrons. The first-order valence-corrected chi connectivity index (χ1v) is 6.25. The number of benzene rings is 1. The minimum Gasteiger partial charge on any atom is -0.356 e. The number of anilines is 1. The Morgan fingerprint density at radius 3 is 2.39 bits per heavy atom. The lowest BCUT2D eigenvalue weighted by Gasteiger charge is -2.06. The molecule has 0 fully saturated rings. The van der Waals surface area contributed by atoms with Crippen LogP contribution in [0.25, 0.3) is 0 Å². The highest BCUT2D eigenvalue weighted by Crippen LogP contribution is 2.08. The minimum absolute atomic E-state index is 0.127. The first-order chi connectivity index (χ1) is 8.61. The Kier molecular flexibility index (Phi) is 5.91. The smallest absolute Gasteiger partial charge is 0.233 e. The van der Waals surface area contributed by atoms with E-state index in [1.165, 1.54) is 0 Å². The number of unbranched alkanes of at least 4 members (excludes halogenated alkanes) is 1. The molecule has 0 heterocycles. The quantitative estimate of drug-likeness (QED) is 0.599. The van der Waals surface area contributed by atoms with E-state index in [-0.39, 0.29) is 18.2 Å². The van der Waals surface area contributed by atoms with Gasteiger partial charge in [0.05, 0.1) is 0 Å². The summed E-state index contributed by atoms with van der Waals surface area (Å²) in [5.74, 6) is -0.513. The molecule has 2 N–H and O–H groups in total. The maximum atomic E-state index is 11.6. The largest absolute Gasteiger partial charge is 0.356 e. The van der Waals surface area contributed by atoms with Crippen LogP contribution in [0, 0.1) is 6.92 Å². The van der Waals surface area contributed by atoms with E-state index in [1.807, 2.05) is 31.2 Å². The lowest BCUT2D eigenvalue weighted by Crippen LogP contribution is -2.28. The molecule has 0 unspecified atom stereocenters. The summed E-state index contributed by atoms with van der Waals surface area (Å²) in [6.45, 7) is 4.66. The maximum absolute atomic E-state index is 11.6. The van der Waals surface area contributed by atoms with E-state index in [2.05, 4.69) is 17.6 Å². The van der Waals surface area contributed by atoms with Crippen LogP contribution in [0.15, 0.2) is 24.3 Å². The van der Waals surface area contributed by atoms with Gasteiger partial charge < -0.3 is 10.6 Å². The van der Waals surface area contributed by atoms with Crippen molar-refractivity contribution in [2.75, 3.05) is 11.9 Å². The minimum atomic E-state index is -0.284. The summed E-state index contributed by atoms with van der Waals surface area (Å²) in [5, 5.41) is 5.40. The second-order valence-corrected chi connectivity index (χ2v) is 4.29. The average Bonchev–Trinajstić information content (AvgIpc) is 2.32. The van der Waals surface area contributed by atoms with E-state index in [1.54, 1.807) is 0 Å². The van der Waals surface area contributed by atoms with Gasteiger partial charge in [0.1, 0.15) is 6.42 Å². The molecule has 2 amide bonds. The molecule has 0 bridgehead atoms. The Morgan fingerprint density at radius 1 is 1.11 bits per heavy atom. The molecule has 0 saturated carbocycles. The van der Waals surface area contributed by atoms with Crippen LogP contribution < -0.4 is 10.6 Å². The Hall–Kier alpha value is -1.84. The molecule has 0 radical (unpaired) electrons. The maximum Gasteiger partial charge on any atom is 0.233 e. The van der Waals surface area contributed by atoms with Gasteiger partial charge in [0, 0.05) is 12.2 Å². The Labute approximate surface area is 108 Å². The summed E-state index contributed by atoms with van der Waals surface area (Å²) in [5.41, 5.74) is 1.84. The van der Waals surface area contributed by atoms with Gasteiger partial charge in [-0.1, -0.05) is 31.0 Å². The summed E-state index contributed by atoms with van der Waals surface area (Å²) in [4.78, 5) is 23.0. The molecular weight excluding hydrogens is 228 g/mol. The van der Waals surface area contributed by atoms with Gasteiger partial charge >= 0.3 is 0 Å². The number of aryl methyl sites for hydroxylation is 1. The molecular formula is C14H20N2O2. The third kappa shape index (κ3) is 5.48. The van der Waals surface area contributed by atoms with Gasteiger partial charge in [-0.2, -0.15) is 0 Å². The fourth-order valence-corrected chi connectivity index (χ4v) is 1.45. The van der Waals surface area contributed by atoms with E-state index in [0.29, 0.717) is 12.2 Å². The fraction of sp³-hybridized carbons (Fsp3) is 0.429. The normalized spacial score (nSPS) is 9.89. The van der Waals surface area contributed by atoms with Crippen LogP contribution in [0.4, 0.5) is 5.69 Å².